The molecule has 1 heterocycles. The molecule has 1 fully saturated rings. The Morgan fingerprint density at radius 1 is 1.00 bits per heavy atom. The van der Waals surface area contributed by atoms with Crippen LogP contribution < -0.4 is 15.0 Å². The summed E-state index contributed by atoms with van der Waals surface area (Å²) in [5.74, 6) is 0.166. The molecular formula is C32H32ClN3O3. The molecule has 200 valence electrons. The molecular weight excluding hydrogens is 510 g/mol. The normalized spacial score (nSPS) is 14.3. The van der Waals surface area contributed by atoms with E-state index in [1.807, 2.05) is 62.4 Å². The van der Waals surface area contributed by atoms with Crippen LogP contribution >= 0.6 is 11.6 Å². The van der Waals surface area contributed by atoms with E-state index in [1.165, 1.54) is 0 Å². The molecule has 0 unspecified atom stereocenters. The molecule has 4 aromatic rings. The summed E-state index contributed by atoms with van der Waals surface area (Å²) in [6.45, 7) is 3.83. The van der Waals surface area contributed by atoms with Gasteiger partial charge in [0.05, 0.1) is 17.6 Å². The summed E-state index contributed by atoms with van der Waals surface area (Å²) in [5.41, 5.74) is 4.18. The fourth-order valence-electron chi connectivity index (χ4n) is 5.33. The van der Waals surface area contributed by atoms with Gasteiger partial charge in [-0.1, -0.05) is 54.8 Å². The Kier molecular flexibility index (Phi) is 7.84. The quantitative estimate of drug-likeness (QED) is 0.274. The number of ether oxygens (including phenoxy) is 1. The van der Waals surface area contributed by atoms with Crippen molar-refractivity contribution >= 4 is 40.0 Å². The van der Waals surface area contributed by atoms with Crippen LogP contribution in [-0.2, 0) is 4.79 Å². The van der Waals surface area contributed by atoms with E-state index >= 15 is 0 Å². The number of aryl methyl sites for hydroxylation is 2. The molecule has 0 radical (unpaired) electrons. The summed E-state index contributed by atoms with van der Waals surface area (Å²) in [5, 5.41) is 4.45. The molecule has 5 rings (SSSR count). The van der Waals surface area contributed by atoms with Gasteiger partial charge in [-0.15, -0.1) is 0 Å². The van der Waals surface area contributed by atoms with Crippen molar-refractivity contribution in [2.45, 2.75) is 51.6 Å². The van der Waals surface area contributed by atoms with E-state index in [2.05, 4.69) is 10.3 Å². The van der Waals surface area contributed by atoms with E-state index in [-0.39, 0.29) is 17.9 Å². The second-order valence-corrected chi connectivity index (χ2v) is 10.5. The van der Waals surface area contributed by atoms with Crippen LogP contribution in [0.25, 0.3) is 10.9 Å². The highest BCUT2D eigenvalue weighted by Gasteiger charge is 2.35. The number of benzene rings is 3. The van der Waals surface area contributed by atoms with E-state index in [4.69, 9.17) is 16.3 Å². The number of hydrogen-bond acceptors (Lipinski definition) is 4. The first-order chi connectivity index (χ1) is 18.9. The van der Waals surface area contributed by atoms with Crippen molar-refractivity contribution in [3.05, 3.63) is 100 Å². The number of aromatic nitrogens is 1. The van der Waals surface area contributed by atoms with Crippen LogP contribution in [0.5, 0.6) is 5.75 Å². The molecule has 6 nitrogen and oxygen atoms in total. The number of carbonyl (C=O) groups excluding carboxylic acids is 2. The van der Waals surface area contributed by atoms with Crippen LogP contribution in [0.1, 0.15) is 58.9 Å². The number of amides is 2. The number of carbonyl (C=O) groups is 2. The number of para-hydroxylation sites is 1. The van der Waals surface area contributed by atoms with E-state index in [9.17, 15) is 9.59 Å². The predicted octanol–water partition coefficient (Wildman–Crippen LogP) is 6.96. The molecule has 1 aliphatic rings. The van der Waals surface area contributed by atoms with Crippen molar-refractivity contribution in [1.82, 2.24) is 10.3 Å². The van der Waals surface area contributed by atoms with Crippen molar-refractivity contribution in [2.75, 3.05) is 12.0 Å². The lowest BCUT2D eigenvalue weighted by atomic mass is 9.99. The highest BCUT2D eigenvalue weighted by atomic mass is 35.5. The maximum Gasteiger partial charge on any atom is 0.259 e. The Hall–Kier alpha value is -3.90. The number of halogens is 1. The highest BCUT2D eigenvalue weighted by Crippen LogP contribution is 2.34. The summed E-state index contributed by atoms with van der Waals surface area (Å²) in [6.07, 6.45) is 4.05. The van der Waals surface area contributed by atoms with Gasteiger partial charge in [-0.05, 0) is 80.3 Å². The molecule has 1 atom stereocenters. The lowest BCUT2D eigenvalue weighted by molar-refractivity contribution is -0.123. The van der Waals surface area contributed by atoms with Crippen LogP contribution in [-0.4, -0.2) is 29.9 Å². The zero-order valence-electron chi connectivity index (χ0n) is 22.4. The first-order valence-corrected chi connectivity index (χ1v) is 13.6. The average molecular weight is 542 g/mol. The van der Waals surface area contributed by atoms with Gasteiger partial charge in [0.25, 0.3) is 5.91 Å². The standard InChI is InChI=1S/C32H32ClN3O3/c1-20-8-4-7-11-29(20)36(32(38)23-14-17-28-26(19-23)27(33)18-21(2)34-28)30(22-12-15-25(39-3)16-13-22)31(37)35-24-9-5-6-10-24/h4,7-8,11-19,24,30H,5-6,9-10H2,1-3H3,(H,35,37)/t30-/m1/s1. The minimum absolute atomic E-state index is 0.0980. The Bertz CT molecular complexity index is 1510. The summed E-state index contributed by atoms with van der Waals surface area (Å²) in [7, 11) is 1.60. The minimum atomic E-state index is -0.896. The number of hydrogen-bond donors (Lipinski definition) is 1. The molecule has 1 N–H and O–H groups in total. The van der Waals surface area contributed by atoms with Crippen molar-refractivity contribution in [1.29, 1.82) is 0 Å². The Labute approximate surface area is 234 Å². The zero-order valence-corrected chi connectivity index (χ0v) is 23.2. The molecule has 7 heteroatoms. The molecule has 0 spiro atoms. The van der Waals surface area contributed by atoms with E-state index in [0.717, 1.165) is 36.9 Å². The van der Waals surface area contributed by atoms with Crippen molar-refractivity contribution in [3.8, 4) is 5.75 Å². The van der Waals surface area contributed by atoms with E-state index in [0.29, 0.717) is 38.5 Å². The van der Waals surface area contributed by atoms with Gasteiger partial charge in [0, 0.05) is 28.4 Å². The summed E-state index contributed by atoms with van der Waals surface area (Å²) < 4.78 is 5.36. The summed E-state index contributed by atoms with van der Waals surface area (Å²) >= 11 is 6.55. The second-order valence-electron chi connectivity index (χ2n) is 10.1. The number of anilines is 1. The summed E-state index contributed by atoms with van der Waals surface area (Å²) in [4.78, 5) is 34.7. The fourth-order valence-corrected chi connectivity index (χ4v) is 5.64. The zero-order chi connectivity index (χ0) is 27.5. The Morgan fingerprint density at radius 3 is 2.41 bits per heavy atom. The minimum Gasteiger partial charge on any atom is -0.497 e. The van der Waals surface area contributed by atoms with Gasteiger partial charge in [-0.25, -0.2) is 0 Å². The number of nitrogens with one attached hydrogen (secondary N) is 1. The number of nitrogens with zero attached hydrogens (tertiary/aromatic N) is 2. The topological polar surface area (TPSA) is 71.5 Å². The van der Waals surface area contributed by atoms with E-state index < -0.39 is 6.04 Å². The maximum atomic E-state index is 14.5. The second kappa shape index (κ2) is 11.5. The van der Waals surface area contributed by atoms with Crippen LogP contribution in [0.15, 0.2) is 72.8 Å². The molecule has 2 amide bonds. The van der Waals surface area contributed by atoms with Crippen LogP contribution in [0, 0.1) is 13.8 Å². The van der Waals surface area contributed by atoms with Gasteiger partial charge in [-0.2, -0.15) is 0 Å². The fraction of sp³-hybridized carbons (Fsp3) is 0.281. The van der Waals surface area contributed by atoms with Gasteiger partial charge < -0.3 is 10.1 Å². The first kappa shape index (κ1) is 26.7. The van der Waals surface area contributed by atoms with Crippen LogP contribution in [0.2, 0.25) is 5.02 Å². The molecule has 1 aromatic heterocycles. The smallest absolute Gasteiger partial charge is 0.259 e. The Morgan fingerprint density at radius 2 is 1.72 bits per heavy atom. The number of methoxy groups -OCH3 is 1. The van der Waals surface area contributed by atoms with Gasteiger partial charge in [0.1, 0.15) is 11.8 Å². The van der Waals surface area contributed by atoms with Crippen LogP contribution in [0.4, 0.5) is 5.69 Å². The predicted molar refractivity (Wildman–Crippen MR) is 156 cm³/mol. The number of rotatable bonds is 7. The van der Waals surface area contributed by atoms with Crippen LogP contribution in [0.3, 0.4) is 0 Å². The molecule has 3 aromatic carbocycles. The number of pyridine rings is 1. The summed E-state index contributed by atoms with van der Waals surface area (Å²) in [6, 6.07) is 21.3. The van der Waals surface area contributed by atoms with Crippen molar-refractivity contribution in [3.63, 3.8) is 0 Å². The maximum absolute atomic E-state index is 14.5. The van der Waals surface area contributed by atoms with E-state index in [1.54, 1.807) is 36.3 Å². The lowest BCUT2D eigenvalue weighted by Gasteiger charge is -2.33. The first-order valence-electron chi connectivity index (χ1n) is 13.3. The van der Waals surface area contributed by atoms with Gasteiger partial charge in [-0.3, -0.25) is 19.5 Å². The SMILES string of the molecule is COc1ccc([C@H](C(=O)NC2CCCC2)N(C(=O)c2ccc3nc(C)cc(Cl)c3c2)c2ccccc2C)cc1. The molecule has 1 saturated carbocycles. The Balaban J connectivity index is 1.65. The monoisotopic (exact) mass is 541 g/mol. The average Bonchev–Trinajstić information content (AvgIpc) is 3.45. The third-order valence-corrected chi connectivity index (χ3v) is 7.68. The van der Waals surface area contributed by atoms with Crippen molar-refractivity contribution in [2.24, 2.45) is 0 Å². The van der Waals surface area contributed by atoms with Gasteiger partial charge in [0.15, 0.2) is 0 Å². The molecule has 0 saturated heterocycles. The molecule has 0 bridgehead atoms. The van der Waals surface area contributed by atoms with Gasteiger partial charge in [0.2, 0.25) is 5.91 Å². The largest absolute Gasteiger partial charge is 0.497 e. The number of fused-ring (bicyclic) bond motifs is 1. The molecule has 39 heavy (non-hydrogen) atoms. The third-order valence-electron chi connectivity index (χ3n) is 7.37. The third kappa shape index (κ3) is 5.62. The molecule has 0 aliphatic heterocycles. The lowest BCUT2D eigenvalue weighted by Crippen LogP contribution is -2.46. The molecule has 1 aliphatic carbocycles. The highest BCUT2D eigenvalue weighted by molar-refractivity contribution is 6.35. The van der Waals surface area contributed by atoms with Crippen molar-refractivity contribution < 1.29 is 14.3 Å². The van der Waals surface area contributed by atoms with Gasteiger partial charge >= 0.3 is 0 Å².